The normalized spacial score (nSPS) is 15.2. The molecule has 0 atom stereocenters. The van der Waals surface area contributed by atoms with Crippen molar-refractivity contribution in [3.05, 3.63) is 30.0 Å². The molecule has 0 saturated carbocycles. The predicted octanol–water partition coefficient (Wildman–Crippen LogP) is 1.66. The summed E-state index contributed by atoms with van der Waals surface area (Å²) in [4.78, 5) is 13.2. The Hall–Kier alpha value is -2.34. The number of hydrogen-bond donors (Lipinski definition) is 2. The Kier molecular flexibility index (Phi) is 3.85. The standard InChI is InChI=1S/C16H19N3O3/c1-18-10-11(8-14(17)16(20)21)13-9-12(2-3-15(13)18)19-4-6-22-7-5-19/h2-3,9-10,17H,4-8H2,1H3,(H,20,21). The lowest BCUT2D eigenvalue weighted by molar-refractivity contribution is -0.129. The summed E-state index contributed by atoms with van der Waals surface area (Å²) in [5.41, 5.74) is 2.75. The van der Waals surface area contributed by atoms with E-state index in [0.29, 0.717) is 0 Å². The molecule has 0 bridgehead atoms. The molecule has 0 radical (unpaired) electrons. The largest absolute Gasteiger partial charge is 0.477 e. The van der Waals surface area contributed by atoms with Crippen LogP contribution in [-0.2, 0) is 23.0 Å². The molecular formula is C16H19N3O3. The van der Waals surface area contributed by atoms with E-state index in [0.717, 1.165) is 48.5 Å². The molecule has 1 aliphatic rings. The van der Waals surface area contributed by atoms with Crippen molar-refractivity contribution in [1.82, 2.24) is 4.57 Å². The summed E-state index contributed by atoms with van der Waals surface area (Å²) in [7, 11) is 1.94. The second kappa shape index (κ2) is 5.81. The lowest BCUT2D eigenvalue weighted by Gasteiger charge is -2.29. The number of ether oxygens (including phenoxy) is 1. The molecule has 1 aromatic carbocycles. The van der Waals surface area contributed by atoms with Gasteiger partial charge in [-0.3, -0.25) is 5.41 Å². The minimum Gasteiger partial charge on any atom is -0.477 e. The van der Waals surface area contributed by atoms with Crippen molar-refractivity contribution in [1.29, 1.82) is 5.41 Å². The molecule has 6 heteroatoms. The van der Waals surface area contributed by atoms with Crippen LogP contribution in [0.2, 0.25) is 0 Å². The summed E-state index contributed by atoms with van der Waals surface area (Å²) in [6, 6.07) is 6.22. The molecule has 0 aliphatic carbocycles. The number of morpholine rings is 1. The van der Waals surface area contributed by atoms with Gasteiger partial charge in [0, 0.05) is 49.3 Å². The van der Waals surface area contributed by atoms with Gasteiger partial charge in [-0.2, -0.15) is 0 Å². The van der Waals surface area contributed by atoms with Crippen molar-refractivity contribution >= 4 is 28.3 Å². The van der Waals surface area contributed by atoms with E-state index in [1.54, 1.807) is 0 Å². The molecule has 2 heterocycles. The summed E-state index contributed by atoms with van der Waals surface area (Å²) in [5, 5.41) is 17.5. The van der Waals surface area contributed by atoms with Gasteiger partial charge in [0.2, 0.25) is 0 Å². The fraction of sp³-hybridized carbons (Fsp3) is 0.375. The molecule has 0 spiro atoms. The van der Waals surface area contributed by atoms with Crippen LogP contribution in [0.3, 0.4) is 0 Å². The number of carboxylic acids is 1. The highest BCUT2D eigenvalue weighted by molar-refractivity contribution is 6.34. The quantitative estimate of drug-likeness (QED) is 0.842. The highest BCUT2D eigenvalue weighted by Gasteiger charge is 2.16. The molecule has 1 aromatic heterocycles. The van der Waals surface area contributed by atoms with E-state index in [1.165, 1.54) is 0 Å². The highest BCUT2D eigenvalue weighted by Crippen LogP contribution is 2.27. The van der Waals surface area contributed by atoms with E-state index in [2.05, 4.69) is 17.0 Å². The predicted molar refractivity (Wildman–Crippen MR) is 85.0 cm³/mol. The first kappa shape index (κ1) is 14.6. The number of aromatic nitrogens is 1. The maximum Gasteiger partial charge on any atom is 0.349 e. The molecule has 2 N–H and O–H groups in total. The third-order valence-corrected chi connectivity index (χ3v) is 4.06. The monoisotopic (exact) mass is 301 g/mol. The summed E-state index contributed by atoms with van der Waals surface area (Å²) < 4.78 is 7.35. The van der Waals surface area contributed by atoms with Gasteiger partial charge in [-0.15, -0.1) is 0 Å². The Morgan fingerprint density at radius 3 is 2.77 bits per heavy atom. The van der Waals surface area contributed by atoms with Gasteiger partial charge < -0.3 is 19.3 Å². The molecule has 1 fully saturated rings. The number of aliphatic carboxylic acids is 1. The molecule has 2 aromatic rings. The molecule has 0 amide bonds. The van der Waals surface area contributed by atoms with Gasteiger partial charge in [0.25, 0.3) is 0 Å². The molecule has 1 saturated heterocycles. The number of rotatable bonds is 4. The van der Waals surface area contributed by atoms with Crippen molar-refractivity contribution in [2.24, 2.45) is 7.05 Å². The van der Waals surface area contributed by atoms with Crippen LogP contribution >= 0.6 is 0 Å². The summed E-state index contributed by atoms with van der Waals surface area (Å²) >= 11 is 0. The van der Waals surface area contributed by atoms with Gasteiger partial charge >= 0.3 is 5.97 Å². The molecule has 6 nitrogen and oxygen atoms in total. The van der Waals surface area contributed by atoms with Crippen LogP contribution in [0.25, 0.3) is 10.9 Å². The average molecular weight is 301 g/mol. The fourth-order valence-corrected chi connectivity index (χ4v) is 2.89. The minimum absolute atomic E-state index is 0.138. The number of carboxylic acid groups (broad SMARTS) is 1. The Morgan fingerprint density at radius 1 is 1.36 bits per heavy atom. The molecular weight excluding hydrogens is 282 g/mol. The summed E-state index contributed by atoms with van der Waals surface area (Å²) in [6.07, 6.45) is 2.05. The van der Waals surface area contributed by atoms with Crippen LogP contribution in [0.1, 0.15) is 5.56 Å². The van der Waals surface area contributed by atoms with Gasteiger partial charge in [0.05, 0.1) is 13.2 Å². The number of nitrogens with zero attached hydrogens (tertiary/aromatic N) is 2. The maximum atomic E-state index is 10.9. The first-order valence-electron chi connectivity index (χ1n) is 7.27. The van der Waals surface area contributed by atoms with Crippen molar-refractivity contribution < 1.29 is 14.6 Å². The van der Waals surface area contributed by atoms with Crippen LogP contribution in [-0.4, -0.2) is 47.7 Å². The zero-order valence-electron chi connectivity index (χ0n) is 12.5. The van der Waals surface area contributed by atoms with Crippen LogP contribution < -0.4 is 4.90 Å². The second-order valence-electron chi connectivity index (χ2n) is 5.53. The second-order valence-corrected chi connectivity index (χ2v) is 5.53. The first-order valence-corrected chi connectivity index (χ1v) is 7.27. The Balaban J connectivity index is 1.98. The first-order chi connectivity index (χ1) is 10.6. The Morgan fingerprint density at radius 2 is 2.09 bits per heavy atom. The third-order valence-electron chi connectivity index (χ3n) is 4.06. The van der Waals surface area contributed by atoms with Crippen LogP contribution in [0.15, 0.2) is 24.4 Å². The highest BCUT2D eigenvalue weighted by atomic mass is 16.5. The Bertz CT molecular complexity index is 730. The van der Waals surface area contributed by atoms with Crippen LogP contribution in [0.4, 0.5) is 5.69 Å². The smallest absolute Gasteiger partial charge is 0.349 e. The number of benzene rings is 1. The number of hydrogen-bond acceptors (Lipinski definition) is 4. The number of fused-ring (bicyclic) bond motifs is 1. The average Bonchev–Trinajstić information content (AvgIpc) is 2.84. The summed E-state index contributed by atoms with van der Waals surface area (Å²) in [6.45, 7) is 3.17. The molecule has 1 aliphatic heterocycles. The van der Waals surface area contributed by atoms with E-state index >= 15 is 0 Å². The van der Waals surface area contributed by atoms with E-state index in [1.807, 2.05) is 23.9 Å². The van der Waals surface area contributed by atoms with Crippen LogP contribution in [0, 0.1) is 5.41 Å². The SMILES string of the molecule is Cn1cc(CC(=N)C(=O)O)c2cc(N3CCOCC3)ccc21. The minimum atomic E-state index is -1.17. The zero-order chi connectivity index (χ0) is 15.7. The maximum absolute atomic E-state index is 10.9. The van der Waals surface area contributed by atoms with E-state index in [4.69, 9.17) is 15.3 Å². The topological polar surface area (TPSA) is 78.5 Å². The number of aryl methyl sites for hydroxylation is 1. The van der Waals surface area contributed by atoms with E-state index in [-0.39, 0.29) is 12.1 Å². The van der Waals surface area contributed by atoms with Gasteiger partial charge in [-0.1, -0.05) is 0 Å². The van der Waals surface area contributed by atoms with E-state index in [9.17, 15) is 4.79 Å². The fourth-order valence-electron chi connectivity index (χ4n) is 2.89. The van der Waals surface area contributed by atoms with Gasteiger partial charge in [0.15, 0.2) is 0 Å². The molecule has 116 valence electrons. The van der Waals surface area contributed by atoms with E-state index < -0.39 is 5.97 Å². The molecule has 22 heavy (non-hydrogen) atoms. The number of carbonyl (C=O) groups is 1. The van der Waals surface area contributed by atoms with Crippen molar-refractivity contribution in [2.75, 3.05) is 31.2 Å². The van der Waals surface area contributed by atoms with Crippen molar-refractivity contribution in [3.8, 4) is 0 Å². The molecule has 3 rings (SSSR count). The Labute approximate surface area is 128 Å². The van der Waals surface area contributed by atoms with Crippen molar-refractivity contribution in [2.45, 2.75) is 6.42 Å². The van der Waals surface area contributed by atoms with Crippen molar-refractivity contribution in [3.63, 3.8) is 0 Å². The lowest BCUT2D eigenvalue weighted by Crippen LogP contribution is -2.36. The van der Waals surface area contributed by atoms with Crippen LogP contribution in [0.5, 0.6) is 0 Å². The van der Waals surface area contributed by atoms with Gasteiger partial charge in [-0.05, 0) is 23.8 Å². The van der Waals surface area contributed by atoms with Gasteiger partial charge in [-0.25, -0.2) is 4.79 Å². The summed E-state index contributed by atoms with van der Waals surface area (Å²) in [5.74, 6) is -1.17. The van der Waals surface area contributed by atoms with Gasteiger partial charge in [0.1, 0.15) is 5.71 Å². The third kappa shape index (κ3) is 2.69. The molecule has 0 unspecified atom stereocenters. The number of anilines is 1. The zero-order valence-corrected chi connectivity index (χ0v) is 12.5. The lowest BCUT2D eigenvalue weighted by atomic mass is 10.1. The number of nitrogens with one attached hydrogen (secondary N) is 1.